The van der Waals surface area contributed by atoms with Gasteiger partial charge < -0.3 is 10.0 Å². The topological polar surface area (TPSA) is 23.5 Å². The molecule has 1 aromatic rings. The second-order valence-corrected chi connectivity index (χ2v) is 6.18. The first-order valence-corrected chi connectivity index (χ1v) is 7.47. The molecule has 0 aromatic heterocycles. The van der Waals surface area contributed by atoms with Crippen LogP contribution in [0.3, 0.4) is 0 Å². The highest BCUT2D eigenvalue weighted by atomic mass is 16.3. The highest BCUT2D eigenvalue weighted by Gasteiger charge is 2.17. The molecule has 0 amide bonds. The summed E-state index contributed by atoms with van der Waals surface area (Å²) in [5.74, 6) is 1.23. The summed E-state index contributed by atoms with van der Waals surface area (Å²) in [5, 5.41) is 10.2. The Bertz CT molecular complexity index is 363. The third kappa shape index (κ3) is 4.87. The van der Waals surface area contributed by atoms with Crippen molar-refractivity contribution in [1.29, 1.82) is 0 Å². The van der Waals surface area contributed by atoms with Crippen molar-refractivity contribution in [3.05, 3.63) is 29.8 Å². The van der Waals surface area contributed by atoms with E-state index in [0.29, 0.717) is 11.8 Å². The van der Waals surface area contributed by atoms with Crippen LogP contribution in [0, 0.1) is 11.8 Å². The van der Waals surface area contributed by atoms with Crippen LogP contribution < -0.4 is 4.90 Å². The minimum absolute atomic E-state index is 0.363. The van der Waals surface area contributed by atoms with Gasteiger partial charge in [-0.1, -0.05) is 52.8 Å². The lowest BCUT2D eigenvalue weighted by molar-refractivity contribution is 0.174. The van der Waals surface area contributed by atoms with E-state index in [0.717, 1.165) is 25.1 Å². The standard InChI is InChI=1S/C17H29NO/c1-6-17(19)15-9-7-8-10-16(15)18(11-13(2)3)12-14(4)5/h7-10,13-14,17,19H,6,11-12H2,1-5H3. The van der Waals surface area contributed by atoms with Crippen molar-refractivity contribution in [3.63, 3.8) is 0 Å². The number of aliphatic hydroxyl groups excluding tert-OH is 1. The van der Waals surface area contributed by atoms with Crippen LogP contribution in [0.1, 0.15) is 52.7 Å². The van der Waals surface area contributed by atoms with E-state index in [2.05, 4.69) is 50.8 Å². The Balaban J connectivity index is 3.06. The molecule has 2 nitrogen and oxygen atoms in total. The number of rotatable bonds is 7. The molecule has 0 aliphatic carbocycles. The lowest BCUT2D eigenvalue weighted by Crippen LogP contribution is -2.32. The summed E-state index contributed by atoms with van der Waals surface area (Å²) in [5.41, 5.74) is 2.26. The third-order valence-corrected chi connectivity index (χ3v) is 3.19. The van der Waals surface area contributed by atoms with Crippen LogP contribution >= 0.6 is 0 Å². The predicted octanol–water partition coefficient (Wildman–Crippen LogP) is 4.25. The molecule has 1 atom stereocenters. The van der Waals surface area contributed by atoms with Crippen molar-refractivity contribution in [2.45, 2.75) is 47.1 Å². The number of hydrogen-bond donors (Lipinski definition) is 1. The largest absolute Gasteiger partial charge is 0.388 e. The Hall–Kier alpha value is -1.02. The van der Waals surface area contributed by atoms with Crippen molar-refractivity contribution in [2.24, 2.45) is 11.8 Å². The van der Waals surface area contributed by atoms with Gasteiger partial charge in [-0.15, -0.1) is 0 Å². The van der Waals surface area contributed by atoms with E-state index < -0.39 is 0 Å². The summed E-state index contributed by atoms with van der Waals surface area (Å²) in [7, 11) is 0. The molecule has 0 saturated carbocycles. The molecule has 1 rings (SSSR count). The normalized spacial score (nSPS) is 13.1. The summed E-state index contributed by atoms with van der Waals surface area (Å²) < 4.78 is 0. The first-order valence-electron chi connectivity index (χ1n) is 7.47. The minimum atomic E-state index is -0.363. The first-order chi connectivity index (χ1) is 8.95. The number of anilines is 1. The van der Waals surface area contributed by atoms with Gasteiger partial charge in [0, 0.05) is 24.3 Å². The van der Waals surface area contributed by atoms with Crippen LogP contribution in [0.2, 0.25) is 0 Å². The minimum Gasteiger partial charge on any atom is -0.388 e. The van der Waals surface area contributed by atoms with Crippen LogP contribution in [-0.2, 0) is 0 Å². The quantitative estimate of drug-likeness (QED) is 0.795. The zero-order valence-corrected chi connectivity index (χ0v) is 13.1. The number of aliphatic hydroxyl groups is 1. The van der Waals surface area contributed by atoms with Crippen molar-refractivity contribution in [2.75, 3.05) is 18.0 Å². The van der Waals surface area contributed by atoms with Gasteiger partial charge in [-0.3, -0.25) is 0 Å². The van der Waals surface area contributed by atoms with Crippen molar-refractivity contribution < 1.29 is 5.11 Å². The summed E-state index contributed by atoms with van der Waals surface area (Å²) >= 11 is 0. The lowest BCUT2D eigenvalue weighted by Gasteiger charge is -2.31. The average Bonchev–Trinajstić information content (AvgIpc) is 2.36. The Kier molecular flexibility index (Phi) is 6.36. The molecule has 1 aromatic carbocycles. The van der Waals surface area contributed by atoms with E-state index in [4.69, 9.17) is 0 Å². The molecule has 0 bridgehead atoms. The van der Waals surface area contributed by atoms with Crippen molar-refractivity contribution >= 4 is 5.69 Å². The van der Waals surface area contributed by atoms with Crippen LogP contribution in [0.25, 0.3) is 0 Å². The Labute approximate surface area is 118 Å². The first kappa shape index (κ1) is 16.0. The molecule has 1 unspecified atom stereocenters. The van der Waals surface area contributed by atoms with Gasteiger partial charge in [-0.2, -0.15) is 0 Å². The molecule has 1 N–H and O–H groups in total. The Morgan fingerprint density at radius 3 is 2.00 bits per heavy atom. The molecule has 0 fully saturated rings. The second kappa shape index (κ2) is 7.54. The van der Waals surface area contributed by atoms with E-state index in [1.54, 1.807) is 0 Å². The van der Waals surface area contributed by atoms with Gasteiger partial charge in [0.1, 0.15) is 0 Å². The molecule has 2 heteroatoms. The maximum Gasteiger partial charge on any atom is 0.0807 e. The van der Waals surface area contributed by atoms with Gasteiger partial charge >= 0.3 is 0 Å². The lowest BCUT2D eigenvalue weighted by atomic mass is 10.0. The number of hydrogen-bond acceptors (Lipinski definition) is 2. The second-order valence-electron chi connectivity index (χ2n) is 6.18. The molecular formula is C17H29NO. The van der Waals surface area contributed by atoms with E-state index >= 15 is 0 Å². The summed E-state index contributed by atoms with van der Waals surface area (Å²) in [6.07, 6.45) is 0.395. The smallest absolute Gasteiger partial charge is 0.0807 e. The van der Waals surface area contributed by atoms with Gasteiger partial charge in [-0.25, -0.2) is 0 Å². The molecule has 19 heavy (non-hydrogen) atoms. The molecule has 0 spiro atoms. The zero-order chi connectivity index (χ0) is 14.4. The van der Waals surface area contributed by atoms with Crippen LogP contribution in [0.4, 0.5) is 5.69 Å². The highest BCUT2D eigenvalue weighted by molar-refractivity contribution is 5.54. The monoisotopic (exact) mass is 263 g/mol. The predicted molar refractivity (Wildman–Crippen MR) is 83.6 cm³/mol. The third-order valence-electron chi connectivity index (χ3n) is 3.19. The van der Waals surface area contributed by atoms with Crippen molar-refractivity contribution in [1.82, 2.24) is 0 Å². The fourth-order valence-corrected chi connectivity index (χ4v) is 2.43. The molecule has 108 valence electrons. The maximum atomic E-state index is 10.2. The summed E-state index contributed by atoms with van der Waals surface area (Å²) in [4.78, 5) is 2.42. The van der Waals surface area contributed by atoms with E-state index in [1.165, 1.54) is 5.69 Å². The Morgan fingerprint density at radius 1 is 1.00 bits per heavy atom. The fraction of sp³-hybridized carbons (Fsp3) is 0.647. The van der Waals surface area contributed by atoms with Crippen LogP contribution in [-0.4, -0.2) is 18.2 Å². The molecule has 0 saturated heterocycles. The molecule has 0 aliphatic heterocycles. The van der Waals surface area contributed by atoms with Crippen molar-refractivity contribution in [3.8, 4) is 0 Å². The summed E-state index contributed by atoms with van der Waals surface area (Å²) in [6, 6.07) is 8.27. The molecule has 0 radical (unpaired) electrons. The highest BCUT2D eigenvalue weighted by Crippen LogP contribution is 2.29. The van der Waals surface area contributed by atoms with Gasteiger partial charge in [0.15, 0.2) is 0 Å². The van der Waals surface area contributed by atoms with E-state index in [9.17, 15) is 5.11 Å². The summed E-state index contributed by atoms with van der Waals surface area (Å²) in [6.45, 7) is 13.1. The SMILES string of the molecule is CCC(O)c1ccccc1N(CC(C)C)CC(C)C. The van der Waals surface area contributed by atoms with Crippen LogP contribution in [0.5, 0.6) is 0 Å². The number of nitrogens with zero attached hydrogens (tertiary/aromatic N) is 1. The van der Waals surface area contributed by atoms with Gasteiger partial charge in [0.25, 0.3) is 0 Å². The number of benzene rings is 1. The Morgan fingerprint density at radius 2 is 1.53 bits per heavy atom. The van der Waals surface area contributed by atoms with Gasteiger partial charge in [0.05, 0.1) is 6.10 Å². The number of para-hydroxylation sites is 1. The molecule has 0 aliphatic rings. The molecule has 0 heterocycles. The van der Waals surface area contributed by atoms with Gasteiger partial charge in [-0.05, 0) is 24.3 Å². The van der Waals surface area contributed by atoms with E-state index in [-0.39, 0.29) is 6.10 Å². The molecular weight excluding hydrogens is 234 g/mol. The maximum absolute atomic E-state index is 10.2. The van der Waals surface area contributed by atoms with Crippen LogP contribution in [0.15, 0.2) is 24.3 Å². The van der Waals surface area contributed by atoms with Gasteiger partial charge in [0.2, 0.25) is 0 Å². The fourth-order valence-electron chi connectivity index (χ4n) is 2.43. The average molecular weight is 263 g/mol. The van der Waals surface area contributed by atoms with E-state index in [1.807, 2.05) is 13.0 Å². The zero-order valence-electron chi connectivity index (χ0n) is 13.1.